The zero-order chi connectivity index (χ0) is 19.7. The molecule has 27 heavy (non-hydrogen) atoms. The van der Waals surface area contributed by atoms with E-state index in [4.69, 9.17) is 0 Å². The number of rotatable bonds is 24. The second-order valence-corrected chi connectivity index (χ2v) is 10.3. The van der Waals surface area contributed by atoms with Crippen LogP contribution in [0.1, 0.15) is 155 Å². The van der Waals surface area contributed by atoms with E-state index in [0.29, 0.717) is 0 Å². The van der Waals surface area contributed by atoms with Crippen LogP contribution in [-0.2, 0) is 0 Å². The van der Waals surface area contributed by atoms with Crippen molar-refractivity contribution < 1.29 is 0 Å². The summed E-state index contributed by atoms with van der Waals surface area (Å²) in [6.45, 7) is 4.61. The molecule has 0 aliphatic rings. The van der Waals surface area contributed by atoms with Gasteiger partial charge in [-0.05, 0) is 25.2 Å². The van der Waals surface area contributed by atoms with Gasteiger partial charge in [0.2, 0.25) is 0 Å². The van der Waals surface area contributed by atoms with Gasteiger partial charge >= 0.3 is 0 Å². The first-order valence-corrected chi connectivity index (χ1v) is 14.5. The van der Waals surface area contributed by atoms with Crippen molar-refractivity contribution in [1.29, 1.82) is 0 Å². The van der Waals surface area contributed by atoms with Gasteiger partial charge in [0, 0.05) is 0 Å². The third-order valence-electron chi connectivity index (χ3n) is 5.91. The topological polar surface area (TPSA) is 0 Å². The van der Waals surface area contributed by atoms with E-state index in [1.165, 1.54) is 162 Å². The maximum absolute atomic E-state index is 2.30. The van der Waals surface area contributed by atoms with Crippen LogP contribution in [0.3, 0.4) is 0 Å². The molecule has 0 bridgehead atoms. The van der Waals surface area contributed by atoms with Crippen molar-refractivity contribution in [2.24, 2.45) is 0 Å². The monoisotopic (exact) mass is 398 g/mol. The molecule has 0 aliphatic heterocycles. The van der Waals surface area contributed by atoms with E-state index in [-0.39, 0.29) is 0 Å². The highest BCUT2D eigenvalue weighted by atomic mass is 31.1. The lowest BCUT2D eigenvalue weighted by Crippen LogP contribution is -1.86. The third-order valence-corrected chi connectivity index (χ3v) is 7.33. The highest BCUT2D eigenvalue weighted by molar-refractivity contribution is 7.37. The van der Waals surface area contributed by atoms with Crippen LogP contribution in [0, 0.1) is 0 Å². The molecule has 0 aromatic carbocycles. The standard InChI is InChI=1S/C26H55P/c1-3-5-7-9-11-13-15-17-19-21-23-25-27-26-24-22-20-18-16-14-12-10-8-6-4-2/h27H,3-26H2,1-2H3. The Hall–Kier alpha value is 0.430. The van der Waals surface area contributed by atoms with Crippen LogP contribution in [0.25, 0.3) is 0 Å². The van der Waals surface area contributed by atoms with Crippen molar-refractivity contribution in [3.8, 4) is 0 Å². The molecular formula is C26H55P. The number of hydrogen-bond donors (Lipinski definition) is 0. The average molecular weight is 399 g/mol. The minimum absolute atomic E-state index is 1.26. The maximum Gasteiger partial charge on any atom is -0.0353 e. The fraction of sp³-hybridized carbons (Fsp3) is 1.00. The molecule has 0 atom stereocenters. The average Bonchev–Trinajstić information content (AvgIpc) is 2.68. The molecule has 0 saturated heterocycles. The molecule has 0 heterocycles. The van der Waals surface area contributed by atoms with Crippen molar-refractivity contribution >= 4 is 8.58 Å². The van der Waals surface area contributed by atoms with Crippen molar-refractivity contribution in [2.45, 2.75) is 155 Å². The molecule has 0 nitrogen and oxygen atoms in total. The van der Waals surface area contributed by atoms with E-state index in [0.717, 1.165) is 0 Å². The Morgan fingerprint density at radius 3 is 0.778 bits per heavy atom. The second-order valence-electron chi connectivity index (χ2n) is 8.82. The van der Waals surface area contributed by atoms with Crippen LogP contribution in [-0.4, -0.2) is 12.3 Å². The quantitative estimate of drug-likeness (QED) is 0.112. The molecule has 0 aromatic heterocycles. The molecule has 0 saturated carbocycles. The lowest BCUT2D eigenvalue weighted by Gasteiger charge is -2.04. The predicted octanol–water partition coefficient (Wildman–Crippen LogP) is 10.3. The van der Waals surface area contributed by atoms with Gasteiger partial charge in [0.25, 0.3) is 0 Å². The van der Waals surface area contributed by atoms with Gasteiger partial charge in [-0.2, -0.15) is 0 Å². The van der Waals surface area contributed by atoms with Gasteiger partial charge in [0.15, 0.2) is 0 Å². The third kappa shape index (κ3) is 26.4. The van der Waals surface area contributed by atoms with Crippen LogP contribution in [0.5, 0.6) is 0 Å². The lowest BCUT2D eigenvalue weighted by molar-refractivity contribution is 0.554. The minimum Gasteiger partial charge on any atom is -0.122 e. The Kier molecular flexibility index (Phi) is 26.9. The van der Waals surface area contributed by atoms with E-state index >= 15 is 0 Å². The van der Waals surface area contributed by atoms with E-state index in [9.17, 15) is 0 Å². The Bertz CT molecular complexity index is 214. The summed E-state index contributed by atoms with van der Waals surface area (Å²) in [6, 6.07) is 0. The van der Waals surface area contributed by atoms with Gasteiger partial charge in [-0.1, -0.05) is 142 Å². The molecule has 0 spiro atoms. The fourth-order valence-corrected chi connectivity index (χ4v) is 5.20. The Morgan fingerprint density at radius 1 is 0.296 bits per heavy atom. The molecule has 1 heteroatoms. The predicted molar refractivity (Wildman–Crippen MR) is 131 cm³/mol. The molecule has 0 aliphatic carbocycles. The highest BCUT2D eigenvalue weighted by Gasteiger charge is 1.95. The van der Waals surface area contributed by atoms with E-state index in [1.54, 1.807) is 0 Å². The first kappa shape index (κ1) is 27.4. The van der Waals surface area contributed by atoms with Crippen LogP contribution >= 0.6 is 8.58 Å². The van der Waals surface area contributed by atoms with Gasteiger partial charge in [-0.15, -0.1) is 8.58 Å². The molecule has 0 radical (unpaired) electrons. The molecule has 0 aromatic rings. The van der Waals surface area contributed by atoms with Crippen LogP contribution in [0.4, 0.5) is 0 Å². The van der Waals surface area contributed by atoms with E-state index in [1.807, 2.05) is 0 Å². The van der Waals surface area contributed by atoms with Crippen LogP contribution < -0.4 is 0 Å². The zero-order valence-corrected chi connectivity index (χ0v) is 20.5. The Morgan fingerprint density at radius 2 is 0.519 bits per heavy atom. The molecule has 0 fully saturated rings. The van der Waals surface area contributed by atoms with Gasteiger partial charge in [-0.25, -0.2) is 0 Å². The highest BCUT2D eigenvalue weighted by Crippen LogP contribution is 2.19. The largest absolute Gasteiger partial charge is 0.122 e. The summed E-state index contributed by atoms with van der Waals surface area (Å²) in [4.78, 5) is 0. The first-order valence-electron chi connectivity index (χ1n) is 13.1. The maximum atomic E-state index is 2.30. The van der Waals surface area contributed by atoms with E-state index < -0.39 is 0 Å². The van der Waals surface area contributed by atoms with Crippen molar-refractivity contribution in [3.63, 3.8) is 0 Å². The van der Waals surface area contributed by atoms with E-state index in [2.05, 4.69) is 13.8 Å². The number of hydrogen-bond acceptors (Lipinski definition) is 0. The van der Waals surface area contributed by atoms with Crippen molar-refractivity contribution in [3.05, 3.63) is 0 Å². The van der Waals surface area contributed by atoms with Crippen LogP contribution in [0.15, 0.2) is 0 Å². The molecule has 0 rings (SSSR count). The smallest absolute Gasteiger partial charge is 0.0353 e. The molecule has 0 unspecified atom stereocenters. The summed E-state index contributed by atoms with van der Waals surface area (Å²) in [5.74, 6) is 0. The normalized spacial score (nSPS) is 11.3. The Labute approximate surface area is 176 Å². The lowest BCUT2D eigenvalue weighted by atomic mass is 10.1. The minimum atomic E-state index is 1.26. The summed E-state index contributed by atoms with van der Waals surface area (Å²) in [5.41, 5.74) is 0. The SMILES string of the molecule is CCCCCCCCCCCCCPCCCCCCCCCCCCC. The second kappa shape index (κ2) is 26.4. The van der Waals surface area contributed by atoms with Gasteiger partial charge in [-0.3, -0.25) is 0 Å². The fourth-order valence-electron chi connectivity index (χ4n) is 3.95. The molecule has 0 amide bonds. The van der Waals surface area contributed by atoms with Crippen molar-refractivity contribution in [1.82, 2.24) is 0 Å². The van der Waals surface area contributed by atoms with Gasteiger partial charge < -0.3 is 0 Å². The molecule has 0 N–H and O–H groups in total. The van der Waals surface area contributed by atoms with Crippen molar-refractivity contribution in [2.75, 3.05) is 12.3 Å². The summed E-state index contributed by atoms with van der Waals surface area (Å²) in [6.07, 6.45) is 35.5. The summed E-state index contributed by atoms with van der Waals surface area (Å²) in [5, 5.41) is 0. The summed E-state index contributed by atoms with van der Waals surface area (Å²) < 4.78 is 0. The number of unbranched alkanes of at least 4 members (excludes halogenated alkanes) is 20. The zero-order valence-electron chi connectivity index (χ0n) is 19.5. The summed E-state index contributed by atoms with van der Waals surface area (Å²) in [7, 11) is 1.26. The summed E-state index contributed by atoms with van der Waals surface area (Å²) >= 11 is 0. The Balaban J connectivity index is 2.95. The molecule has 164 valence electrons. The first-order chi connectivity index (χ1) is 13.4. The van der Waals surface area contributed by atoms with Gasteiger partial charge in [0.1, 0.15) is 0 Å². The molecular weight excluding hydrogens is 343 g/mol. The van der Waals surface area contributed by atoms with Crippen LogP contribution in [0.2, 0.25) is 0 Å². The van der Waals surface area contributed by atoms with Gasteiger partial charge in [0.05, 0.1) is 0 Å².